The highest BCUT2D eigenvalue weighted by Gasteiger charge is 2.25. The number of nitro benzene ring substituents is 1. The molecule has 0 heterocycles. The molecule has 1 aromatic carbocycles. The minimum atomic E-state index is -1.24. The molecule has 7 nitrogen and oxygen atoms in total. The van der Waals surface area contributed by atoms with Crippen LogP contribution in [0.1, 0.15) is 36.0 Å². The number of non-ortho nitro benzene ring substituents is 1. The monoisotopic (exact) mass is 295 g/mol. The van der Waals surface area contributed by atoms with Crippen LogP contribution in [0.3, 0.4) is 0 Å². The lowest BCUT2D eigenvalue weighted by Crippen LogP contribution is -2.29. The van der Waals surface area contributed by atoms with E-state index in [1.807, 2.05) is 0 Å². The van der Waals surface area contributed by atoms with Crippen LogP contribution in [0.2, 0.25) is 0 Å². The highest BCUT2D eigenvalue weighted by Crippen LogP contribution is 2.29. The second-order valence-electron chi connectivity index (χ2n) is 5.01. The van der Waals surface area contributed by atoms with Crippen LogP contribution >= 0.6 is 0 Å². The van der Waals surface area contributed by atoms with Crippen molar-refractivity contribution in [3.63, 3.8) is 0 Å². The van der Waals surface area contributed by atoms with E-state index in [1.165, 1.54) is 12.1 Å². The molecule has 0 spiro atoms. The summed E-state index contributed by atoms with van der Waals surface area (Å²) in [5, 5.41) is 19.9. The lowest BCUT2D eigenvalue weighted by Gasteiger charge is -2.29. The normalized spacial score (nSPS) is 21.8. The van der Waals surface area contributed by atoms with Crippen LogP contribution in [-0.2, 0) is 4.74 Å². The first-order valence-corrected chi connectivity index (χ1v) is 6.72. The van der Waals surface area contributed by atoms with Gasteiger partial charge in [-0.3, -0.25) is 10.1 Å². The SMILES string of the molecule is COC1CCCC(Oc2ccc([N+](=O)[O-])cc2C(=O)O)C1. The van der Waals surface area contributed by atoms with E-state index in [0.717, 1.165) is 25.3 Å². The van der Waals surface area contributed by atoms with E-state index in [2.05, 4.69) is 0 Å². The molecule has 1 N–H and O–H groups in total. The van der Waals surface area contributed by atoms with E-state index >= 15 is 0 Å². The Kier molecular flexibility index (Phi) is 4.74. The Labute approximate surface area is 121 Å². The van der Waals surface area contributed by atoms with Crippen molar-refractivity contribution >= 4 is 11.7 Å². The Bertz CT molecular complexity index is 544. The van der Waals surface area contributed by atoms with Crippen LogP contribution in [0.4, 0.5) is 5.69 Å². The van der Waals surface area contributed by atoms with Gasteiger partial charge in [0.2, 0.25) is 0 Å². The fourth-order valence-corrected chi connectivity index (χ4v) is 2.50. The van der Waals surface area contributed by atoms with Crippen LogP contribution < -0.4 is 4.74 Å². The number of carboxylic acid groups (broad SMARTS) is 1. The van der Waals surface area contributed by atoms with Gasteiger partial charge < -0.3 is 14.6 Å². The van der Waals surface area contributed by atoms with Crippen molar-refractivity contribution in [2.45, 2.75) is 37.9 Å². The standard InChI is InChI=1S/C14H17NO6/c1-20-10-3-2-4-11(8-10)21-13-6-5-9(15(18)19)7-12(13)14(16)17/h5-7,10-11H,2-4,8H2,1H3,(H,16,17). The molecule has 2 rings (SSSR count). The Balaban J connectivity index is 2.19. The fraction of sp³-hybridized carbons (Fsp3) is 0.500. The van der Waals surface area contributed by atoms with Crippen LogP contribution in [0.25, 0.3) is 0 Å². The average molecular weight is 295 g/mol. The maximum Gasteiger partial charge on any atom is 0.339 e. The molecule has 2 atom stereocenters. The summed E-state index contributed by atoms with van der Waals surface area (Å²) in [5.41, 5.74) is -0.457. The number of hydrogen-bond acceptors (Lipinski definition) is 5. The number of carbonyl (C=O) groups is 1. The maximum atomic E-state index is 11.2. The molecule has 0 aliphatic heterocycles. The van der Waals surface area contributed by atoms with Crippen molar-refractivity contribution in [3.8, 4) is 5.75 Å². The Morgan fingerprint density at radius 1 is 1.38 bits per heavy atom. The van der Waals surface area contributed by atoms with E-state index in [4.69, 9.17) is 9.47 Å². The number of aromatic carboxylic acids is 1. The first kappa shape index (κ1) is 15.2. The number of hydrogen-bond donors (Lipinski definition) is 1. The van der Waals surface area contributed by atoms with Crippen molar-refractivity contribution in [2.24, 2.45) is 0 Å². The quantitative estimate of drug-likeness (QED) is 0.662. The highest BCUT2D eigenvalue weighted by molar-refractivity contribution is 5.91. The van der Waals surface area contributed by atoms with Gasteiger partial charge in [0.1, 0.15) is 17.4 Å². The lowest BCUT2D eigenvalue weighted by atomic mass is 9.95. The largest absolute Gasteiger partial charge is 0.489 e. The van der Waals surface area contributed by atoms with E-state index in [1.54, 1.807) is 7.11 Å². The van der Waals surface area contributed by atoms with Crippen LogP contribution in [0, 0.1) is 10.1 Å². The summed E-state index contributed by atoms with van der Waals surface area (Å²) in [4.78, 5) is 21.3. The molecule has 0 aromatic heterocycles. The van der Waals surface area contributed by atoms with Gasteiger partial charge in [-0.05, 0) is 25.3 Å². The Morgan fingerprint density at radius 3 is 2.71 bits per heavy atom. The van der Waals surface area contributed by atoms with Gasteiger partial charge in [0, 0.05) is 25.7 Å². The summed E-state index contributed by atoms with van der Waals surface area (Å²) in [6.07, 6.45) is 3.38. The Morgan fingerprint density at radius 2 is 2.10 bits per heavy atom. The van der Waals surface area contributed by atoms with Gasteiger partial charge >= 0.3 is 5.97 Å². The molecule has 1 fully saturated rings. The van der Waals surface area contributed by atoms with Gasteiger partial charge in [0.15, 0.2) is 0 Å². The first-order chi connectivity index (χ1) is 10.0. The molecule has 21 heavy (non-hydrogen) atoms. The summed E-state index contributed by atoms with van der Waals surface area (Å²) >= 11 is 0. The topological polar surface area (TPSA) is 98.9 Å². The first-order valence-electron chi connectivity index (χ1n) is 6.72. The maximum absolute atomic E-state index is 11.2. The molecule has 2 unspecified atom stereocenters. The molecular weight excluding hydrogens is 278 g/mol. The third-order valence-corrected chi connectivity index (χ3v) is 3.61. The summed E-state index contributed by atoms with van der Waals surface area (Å²) in [5.74, 6) is -1.08. The van der Waals surface area contributed by atoms with Crippen LogP contribution in [-0.4, -0.2) is 35.3 Å². The van der Waals surface area contributed by atoms with Crippen molar-refractivity contribution in [3.05, 3.63) is 33.9 Å². The van der Waals surface area contributed by atoms with Crippen molar-refractivity contribution in [2.75, 3.05) is 7.11 Å². The predicted molar refractivity (Wildman–Crippen MR) is 73.7 cm³/mol. The van der Waals surface area contributed by atoms with E-state index in [0.29, 0.717) is 6.42 Å². The smallest absolute Gasteiger partial charge is 0.339 e. The third kappa shape index (κ3) is 3.69. The summed E-state index contributed by atoms with van der Waals surface area (Å²) < 4.78 is 11.0. The van der Waals surface area contributed by atoms with E-state index in [9.17, 15) is 20.0 Å². The molecule has 114 valence electrons. The second-order valence-corrected chi connectivity index (χ2v) is 5.01. The third-order valence-electron chi connectivity index (χ3n) is 3.61. The van der Waals surface area contributed by atoms with Crippen LogP contribution in [0.15, 0.2) is 18.2 Å². The molecular formula is C14H17NO6. The number of benzene rings is 1. The zero-order valence-electron chi connectivity index (χ0n) is 11.7. The molecule has 0 bridgehead atoms. The lowest BCUT2D eigenvalue weighted by molar-refractivity contribution is -0.384. The van der Waals surface area contributed by atoms with E-state index in [-0.39, 0.29) is 29.2 Å². The Hall–Kier alpha value is -2.15. The van der Waals surface area contributed by atoms with Crippen molar-refractivity contribution in [1.29, 1.82) is 0 Å². The zero-order valence-corrected chi connectivity index (χ0v) is 11.7. The summed E-state index contributed by atoms with van der Waals surface area (Å²) in [6, 6.07) is 3.62. The van der Waals surface area contributed by atoms with Gasteiger partial charge in [0.25, 0.3) is 5.69 Å². The second kappa shape index (κ2) is 6.53. The summed E-state index contributed by atoms with van der Waals surface area (Å²) in [7, 11) is 1.64. The van der Waals surface area contributed by atoms with Crippen molar-refractivity contribution < 1.29 is 24.3 Å². The molecule has 1 aliphatic rings. The average Bonchev–Trinajstić information content (AvgIpc) is 2.47. The van der Waals surface area contributed by atoms with Gasteiger partial charge in [-0.2, -0.15) is 0 Å². The number of carboxylic acids is 1. The number of ether oxygens (including phenoxy) is 2. The molecule has 0 radical (unpaired) electrons. The fourth-order valence-electron chi connectivity index (χ4n) is 2.50. The van der Waals surface area contributed by atoms with Gasteiger partial charge in [0.05, 0.1) is 11.0 Å². The minimum absolute atomic E-state index is 0.107. The number of nitro groups is 1. The van der Waals surface area contributed by atoms with Crippen LogP contribution in [0.5, 0.6) is 5.75 Å². The minimum Gasteiger partial charge on any atom is -0.489 e. The predicted octanol–water partition coefficient (Wildman–Crippen LogP) is 2.63. The zero-order chi connectivity index (χ0) is 15.4. The molecule has 1 aliphatic carbocycles. The number of methoxy groups -OCH3 is 1. The molecule has 0 saturated heterocycles. The van der Waals surface area contributed by atoms with Gasteiger partial charge in [-0.25, -0.2) is 4.79 Å². The van der Waals surface area contributed by atoms with Gasteiger partial charge in [-0.15, -0.1) is 0 Å². The van der Waals surface area contributed by atoms with Gasteiger partial charge in [-0.1, -0.05) is 0 Å². The molecule has 1 aromatic rings. The molecule has 1 saturated carbocycles. The van der Waals surface area contributed by atoms with E-state index < -0.39 is 10.9 Å². The van der Waals surface area contributed by atoms with Crippen molar-refractivity contribution in [1.82, 2.24) is 0 Å². The molecule has 7 heteroatoms. The molecule has 0 amide bonds. The number of rotatable bonds is 5. The number of nitrogens with zero attached hydrogens (tertiary/aromatic N) is 1. The summed E-state index contributed by atoms with van der Waals surface area (Å²) in [6.45, 7) is 0. The highest BCUT2D eigenvalue weighted by atomic mass is 16.6.